The number of anilines is 1. The summed E-state index contributed by atoms with van der Waals surface area (Å²) >= 11 is 1.27. The third kappa shape index (κ3) is 4.49. The number of nitriles is 1. The smallest absolute Gasteiger partial charge is 0.234 e. The van der Waals surface area contributed by atoms with Crippen LogP contribution in [0, 0.1) is 45.9 Å². The third-order valence-electron chi connectivity index (χ3n) is 4.60. The van der Waals surface area contributed by atoms with E-state index in [4.69, 9.17) is 0 Å². The number of benzene rings is 1. The minimum atomic E-state index is -0.158. The van der Waals surface area contributed by atoms with E-state index in [9.17, 15) is 10.1 Å². The Kier molecular flexibility index (Phi) is 6.04. The van der Waals surface area contributed by atoms with Crippen molar-refractivity contribution in [1.29, 1.82) is 5.26 Å². The summed E-state index contributed by atoms with van der Waals surface area (Å²) < 4.78 is 1.83. The molecule has 148 valence electrons. The summed E-state index contributed by atoms with van der Waals surface area (Å²) in [5.74, 6) is 0.00797. The Morgan fingerprint density at radius 3 is 2.52 bits per heavy atom. The fraction of sp³-hybridized carbons (Fsp3) is 0.273. The zero-order valence-electron chi connectivity index (χ0n) is 17.2. The van der Waals surface area contributed by atoms with Gasteiger partial charge in [-0.15, -0.1) is 0 Å². The molecular formula is C22H23N5OS. The van der Waals surface area contributed by atoms with E-state index in [-0.39, 0.29) is 11.7 Å². The number of nitrogens with zero attached hydrogens (tertiary/aromatic N) is 4. The van der Waals surface area contributed by atoms with Crippen molar-refractivity contribution >= 4 is 23.4 Å². The summed E-state index contributed by atoms with van der Waals surface area (Å²) in [7, 11) is 0. The van der Waals surface area contributed by atoms with E-state index in [2.05, 4.69) is 21.5 Å². The maximum absolute atomic E-state index is 12.6. The number of aryl methyl sites for hydroxylation is 4. The number of nitrogens with one attached hydrogen (secondary N) is 1. The molecule has 0 saturated heterocycles. The van der Waals surface area contributed by atoms with Gasteiger partial charge in [0.25, 0.3) is 0 Å². The highest BCUT2D eigenvalue weighted by Crippen LogP contribution is 2.26. The number of rotatable bonds is 5. The molecule has 6 nitrogen and oxygen atoms in total. The highest BCUT2D eigenvalue weighted by Gasteiger charge is 2.17. The van der Waals surface area contributed by atoms with Crippen molar-refractivity contribution in [2.24, 2.45) is 0 Å². The molecule has 1 amide bonds. The number of hydrogen-bond donors (Lipinski definition) is 1. The molecule has 3 aromatic rings. The zero-order valence-corrected chi connectivity index (χ0v) is 18.0. The van der Waals surface area contributed by atoms with Crippen molar-refractivity contribution in [3.05, 3.63) is 64.1 Å². The van der Waals surface area contributed by atoms with Gasteiger partial charge in [-0.25, -0.2) is 9.67 Å². The Morgan fingerprint density at radius 1 is 1.17 bits per heavy atom. The van der Waals surface area contributed by atoms with Gasteiger partial charge >= 0.3 is 0 Å². The van der Waals surface area contributed by atoms with Crippen molar-refractivity contribution in [3.63, 3.8) is 0 Å². The lowest BCUT2D eigenvalue weighted by atomic mass is 10.1. The van der Waals surface area contributed by atoms with Crippen molar-refractivity contribution in [3.8, 4) is 11.8 Å². The van der Waals surface area contributed by atoms with Gasteiger partial charge in [0.05, 0.1) is 34.1 Å². The quantitative estimate of drug-likeness (QED) is 0.636. The first-order chi connectivity index (χ1) is 13.8. The lowest BCUT2D eigenvalue weighted by Crippen LogP contribution is -2.15. The van der Waals surface area contributed by atoms with Crippen LogP contribution in [0.5, 0.6) is 0 Å². The minimum Gasteiger partial charge on any atom is -0.322 e. The number of thioether (sulfide) groups is 1. The standard InChI is InChI=1S/C22H23N5OS/c1-13-6-8-18(9-7-13)27-17(5)21(16(4)26-27)25-20(28)12-29-22-19(11-23)14(2)10-15(3)24-22/h6-10H,12H2,1-5H3,(H,25,28). The Morgan fingerprint density at radius 2 is 1.86 bits per heavy atom. The van der Waals surface area contributed by atoms with E-state index in [1.165, 1.54) is 17.3 Å². The van der Waals surface area contributed by atoms with E-state index in [0.717, 1.165) is 28.3 Å². The topological polar surface area (TPSA) is 83.6 Å². The van der Waals surface area contributed by atoms with Gasteiger partial charge in [0, 0.05) is 5.69 Å². The number of carbonyl (C=O) groups is 1. The number of amides is 1. The average molecular weight is 406 g/mol. The summed E-state index contributed by atoms with van der Waals surface area (Å²) in [6.07, 6.45) is 0. The van der Waals surface area contributed by atoms with Crippen molar-refractivity contribution < 1.29 is 4.79 Å². The van der Waals surface area contributed by atoms with Crippen LogP contribution in [0.1, 0.15) is 33.8 Å². The SMILES string of the molecule is Cc1ccc(-n2nc(C)c(NC(=O)CSc3nc(C)cc(C)c3C#N)c2C)cc1. The number of aromatic nitrogens is 3. The largest absolute Gasteiger partial charge is 0.322 e. The first kappa shape index (κ1) is 20.6. The first-order valence-electron chi connectivity index (χ1n) is 9.24. The molecular weight excluding hydrogens is 382 g/mol. The van der Waals surface area contributed by atoms with Crippen molar-refractivity contribution in [2.75, 3.05) is 11.1 Å². The lowest BCUT2D eigenvalue weighted by Gasteiger charge is -2.09. The van der Waals surface area contributed by atoms with E-state index in [1.807, 2.05) is 69.6 Å². The van der Waals surface area contributed by atoms with Gasteiger partial charge in [0.2, 0.25) is 5.91 Å². The monoisotopic (exact) mass is 405 g/mol. The summed E-state index contributed by atoms with van der Waals surface area (Å²) in [5, 5.41) is 17.5. The van der Waals surface area contributed by atoms with Gasteiger partial charge in [-0.1, -0.05) is 29.5 Å². The normalized spacial score (nSPS) is 10.6. The van der Waals surface area contributed by atoms with Crippen LogP contribution >= 0.6 is 11.8 Å². The predicted molar refractivity (Wildman–Crippen MR) is 116 cm³/mol. The van der Waals surface area contributed by atoms with Gasteiger partial charge in [-0.3, -0.25) is 4.79 Å². The fourth-order valence-electron chi connectivity index (χ4n) is 3.11. The van der Waals surface area contributed by atoms with Gasteiger partial charge < -0.3 is 5.32 Å². The molecule has 1 aromatic carbocycles. The molecule has 2 aromatic heterocycles. The lowest BCUT2D eigenvalue weighted by molar-refractivity contribution is -0.113. The molecule has 0 fully saturated rings. The van der Waals surface area contributed by atoms with Crippen LogP contribution in [0.25, 0.3) is 5.69 Å². The molecule has 29 heavy (non-hydrogen) atoms. The minimum absolute atomic E-state index is 0.158. The maximum Gasteiger partial charge on any atom is 0.234 e. The third-order valence-corrected chi connectivity index (χ3v) is 5.57. The number of carbonyl (C=O) groups excluding carboxylic acids is 1. The molecule has 0 aliphatic rings. The van der Waals surface area contributed by atoms with Crippen LogP contribution in [0.4, 0.5) is 5.69 Å². The molecule has 0 aliphatic heterocycles. The fourth-order valence-corrected chi connectivity index (χ4v) is 4.01. The Bertz CT molecular complexity index is 1110. The van der Waals surface area contributed by atoms with E-state index in [0.29, 0.717) is 16.3 Å². The van der Waals surface area contributed by atoms with Crippen LogP contribution in [-0.4, -0.2) is 26.4 Å². The van der Waals surface area contributed by atoms with Crippen molar-refractivity contribution in [1.82, 2.24) is 14.8 Å². The second-order valence-corrected chi connectivity index (χ2v) is 7.97. The Labute approximate surface area is 175 Å². The van der Waals surface area contributed by atoms with Crippen LogP contribution in [0.2, 0.25) is 0 Å². The summed E-state index contributed by atoms with van der Waals surface area (Å²) in [5.41, 5.74) is 6.68. The molecule has 0 saturated carbocycles. The summed E-state index contributed by atoms with van der Waals surface area (Å²) in [6, 6.07) is 12.1. The summed E-state index contributed by atoms with van der Waals surface area (Å²) in [4.78, 5) is 17.0. The maximum atomic E-state index is 12.6. The van der Waals surface area contributed by atoms with E-state index in [1.54, 1.807) is 0 Å². The molecule has 0 unspecified atom stereocenters. The molecule has 3 rings (SSSR count). The molecule has 2 heterocycles. The predicted octanol–water partition coefficient (Wildman–Crippen LogP) is 4.41. The average Bonchev–Trinajstić information content (AvgIpc) is 2.95. The highest BCUT2D eigenvalue weighted by atomic mass is 32.2. The van der Waals surface area contributed by atoms with Gasteiger partial charge in [0.15, 0.2) is 0 Å². The van der Waals surface area contributed by atoms with Crippen LogP contribution in [0.15, 0.2) is 35.4 Å². The molecule has 0 spiro atoms. The first-order valence-corrected chi connectivity index (χ1v) is 10.2. The molecule has 0 aliphatic carbocycles. The second-order valence-electron chi connectivity index (χ2n) is 7.00. The van der Waals surface area contributed by atoms with Gasteiger partial charge in [0.1, 0.15) is 11.1 Å². The van der Waals surface area contributed by atoms with E-state index < -0.39 is 0 Å². The Balaban J connectivity index is 1.75. The van der Waals surface area contributed by atoms with Crippen LogP contribution in [-0.2, 0) is 4.79 Å². The second kappa shape index (κ2) is 8.50. The molecule has 0 atom stereocenters. The highest BCUT2D eigenvalue weighted by molar-refractivity contribution is 8.00. The molecule has 1 N–H and O–H groups in total. The number of hydrogen-bond acceptors (Lipinski definition) is 5. The summed E-state index contributed by atoms with van der Waals surface area (Å²) in [6.45, 7) is 9.60. The van der Waals surface area contributed by atoms with Gasteiger partial charge in [-0.05, 0) is 58.4 Å². The molecule has 7 heteroatoms. The Hall–Kier alpha value is -3.11. The van der Waals surface area contributed by atoms with Crippen molar-refractivity contribution in [2.45, 2.75) is 39.6 Å². The number of pyridine rings is 1. The van der Waals surface area contributed by atoms with E-state index >= 15 is 0 Å². The molecule has 0 radical (unpaired) electrons. The van der Waals surface area contributed by atoms with Crippen LogP contribution in [0.3, 0.4) is 0 Å². The van der Waals surface area contributed by atoms with Crippen LogP contribution < -0.4 is 5.32 Å². The zero-order chi connectivity index (χ0) is 21.1. The van der Waals surface area contributed by atoms with Gasteiger partial charge in [-0.2, -0.15) is 10.4 Å². The molecule has 0 bridgehead atoms.